The highest BCUT2D eigenvalue weighted by molar-refractivity contribution is 6.21. The molecule has 0 saturated carbocycles. The minimum atomic E-state index is -0.668. The Hall–Kier alpha value is -10.7. The highest BCUT2D eigenvalue weighted by Crippen LogP contribution is 2.70. The molecule has 0 unspecified atom stereocenters. The van der Waals surface area contributed by atoms with Gasteiger partial charge in [0.2, 0.25) is 0 Å². The van der Waals surface area contributed by atoms with E-state index >= 15 is 0 Å². The van der Waals surface area contributed by atoms with Crippen molar-refractivity contribution < 1.29 is 8.83 Å². The molecule has 2 heterocycles. The number of fused-ring (bicyclic) bond motifs is 36. The van der Waals surface area contributed by atoms with Crippen molar-refractivity contribution >= 4 is 60.9 Å². The predicted molar refractivity (Wildman–Crippen MR) is 368 cm³/mol. The van der Waals surface area contributed by atoms with Gasteiger partial charge in [0.05, 0.1) is 10.8 Å². The van der Waals surface area contributed by atoms with Crippen molar-refractivity contribution in [3.63, 3.8) is 0 Å². The van der Waals surface area contributed by atoms with E-state index in [4.69, 9.17) is 8.83 Å². The average molecular weight is 1150 g/mol. The first-order valence-corrected chi connectivity index (χ1v) is 31.9. The standard InChI is InChI=1S/C87H57NO2/c1-48-22-6-19-35-72(48)88(49-39-41-57-68(44-49)85(4,5)81-78(57)79-59-29-13-21-37-74(59)90-83(79)80-56-27-11-14-30-62(56)84(2,3)82(80)81)50-38-40-55-60-46-71-61(47-70(60)87(69(55)45-50)65-33-17-9-25-53(65)54-26-10-18-34-66(54)87)76-67(42-43-75-77(76)58-28-12-20-36-73(58)89-75)86(71)63-31-15-7-23-51(63)52-24-8-16-32-64(52)86/h6-47H,1-5H3. The molecule has 422 valence electrons. The number of nitrogens with zero attached hydrogens (tertiary/aromatic N) is 1. The topological polar surface area (TPSA) is 29.5 Å². The zero-order chi connectivity index (χ0) is 59.5. The van der Waals surface area contributed by atoms with Gasteiger partial charge in [-0.1, -0.05) is 222 Å². The molecule has 0 N–H and O–H groups in total. The van der Waals surface area contributed by atoms with E-state index in [0.717, 1.165) is 50.2 Å². The van der Waals surface area contributed by atoms with Crippen LogP contribution in [0.3, 0.4) is 0 Å². The molecule has 0 saturated heterocycles. The molecule has 0 atom stereocenters. The van der Waals surface area contributed by atoms with E-state index in [0.29, 0.717) is 0 Å². The van der Waals surface area contributed by atoms with Crippen LogP contribution in [0.4, 0.5) is 17.1 Å². The van der Waals surface area contributed by atoms with Gasteiger partial charge in [-0.15, -0.1) is 0 Å². The van der Waals surface area contributed by atoms with Crippen LogP contribution in [-0.2, 0) is 21.7 Å². The number of benzene rings is 13. The number of anilines is 3. The number of rotatable bonds is 3. The first-order chi connectivity index (χ1) is 44.1. The molecule has 0 bridgehead atoms. The minimum absolute atomic E-state index is 0.260. The zero-order valence-corrected chi connectivity index (χ0v) is 50.5. The summed E-state index contributed by atoms with van der Waals surface area (Å²) in [5.74, 6) is 0. The van der Waals surface area contributed by atoms with Crippen LogP contribution in [0.5, 0.6) is 0 Å². The SMILES string of the molecule is Cc1ccccc1N(c1ccc2c(c1)C(C)(C)c1c3c(c4oc5ccccc5c4c1-2)-c1ccccc1C3(C)C)c1ccc2c(c1)C1(c3ccccc3-c3ccccc31)c1cc3c(cc1-2)C1(c2ccccc2-c2ccccc21)c1ccc2oc4ccccc4c2c1-3. The lowest BCUT2D eigenvalue weighted by Crippen LogP contribution is -2.27. The Labute approximate surface area is 521 Å². The molecule has 6 aliphatic rings. The van der Waals surface area contributed by atoms with E-state index in [9.17, 15) is 0 Å². The zero-order valence-electron chi connectivity index (χ0n) is 50.5. The van der Waals surface area contributed by atoms with Crippen LogP contribution in [0, 0.1) is 6.92 Å². The molecule has 3 heteroatoms. The Bertz CT molecular complexity index is 5750. The van der Waals surface area contributed by atoms with Gasteiger partial charge in [-0.05, 0) is 201 Å². The maximum atomic E-state index is 7.10. The Morgan fingerprint density at radius 3 is 1.38 bits per heavy atom. The summed E-state index contributed by atoms with van der Waals surface area (Å²) in [6.45, 7) is 12.1. The number of hydrogen-bond acceptors (Lipinski definition) is 3. The molecule has 0 radical (unpaired) electrons. The van der Waals surface area contributed by atoms with Crippen molar-refractivity contribution in [3.8, 4) is 66.8 Å². The molecule has 2 aromatic heterocycles. The van der Waals surface area contributed by atoms with Gasteiger partial charge in [0, 0.05) is 55.0 Å². The summed E-state index contributed by atoms with van der Waals surface area (Å²) in [4.78, 5) is 2.56. The fourth-order valence-corrected chi connectivity index (χ4v) is 19.1. The van der Waals surface area contributed by atoms with Gasteiger partial charge in [-0.3, -0.25) is 0 Å². The fraction of sp³-hybridized carbons (Fsp3) is 0.103. The molecule has 21 rings (SSSR count). The summed E-state index contributed by atoms with van der Waals surface area (Å²) in [5.41, 5.74) is 37.8. The second-order valence-corrected chi connectivity index (χ2v) is 27.3. The van der Waals surface area contributed by atoms with Crippen molar-refractivity contribution in [2.24, 2.45) is 0 Å². The molecule has 0 amide bonds. The second kappa shape index (κ2) is 16.5. The average Bonchev–Trinajstić information content (AvgIpc) is 1.50. The summed E-state index contributed by atoms with van der Waals surface area (Å²) >= 11 is 0. The van der Waals surface area contributed by atoms with Gasteiger partial charge < -0.3 is 13.7 Å². The van der Waals surface area contributed by atoms with Crippen molar-refractivity contribution in [1.82, 2.24) is 0 Å². The smallest absolute Gasteiger partial charge is 0.144 e. The van der Waals surface area contributed by atoms with E-state index in [1.165, 1.54) is 150 Å². The van der Waals surface area contributed by atoms with Crippen LogP contribution in [0.25, 0.3) is 111 Å². The van der Waals surface area contributed by atoms with Gasteiger partial charge in [0.1, 0.15) is 22.3 Å². The molecule has 6 aliphatic carbocycles. The van der Waals surface area contributed by atoms with Crippen LogP contribution in [0.15, 0.2) is 264 Å². The quantitative estimate of drug-likeness (QED) is 0.177. The number of furan rings is 2. The normalized spacial score (nSPS) is 15.7. The third kappa shape index (κ3) is 5.56. The number of para-hydroxylation sites is 3. The summed E-state index contributed by atoms with van der Waals surface area (Å²) in [5, 5.41) is 4.70. The molecule has 13 aromatic carbocycles. The maximum Gasteiger partial charge on any atom is 0.144 e. The van der Waals surface area contributed by atoms with E-state index in [1.807, 2.05) is 0 Å². The van der Waals surface area contributed by atoms with Crippen molar-refractivity contribution in [2.75, 3.05) is 4.90 Å². The highest BCUT2D eigenvalue weighted by atomic mass is 16.3. The lowest BCUT2D eigenvalue weighted by atomic mass is 9.68. The highest BCUT2D eigenvalue weighted by Gasteiger charge is 2.57. The van der Waals surface area contributed by atoms with Gasteiger partial charge in [-0.2, -0.15) is 0 Å². The van der Waals surface area contributed by atoms with E-state index in [2.05, 4.69) is 294 Å². The van der Waals surface area contributed by atoms with Crippen LogP contribution in [0.2, 0.25) is 0 Å². The number of hydrogen-bond donors (Lipinski definition) is 0. The minimum Gasteiger partial charge on any atom is -0.456 e. The van der Waals surface area contributed by atoms with Crippen LogP contribution in [0.1, 0.15) is 100 Å². The predicted octanol–water partition coefficient (Wildman–Crippen LogP) is 22.6. The molecule has 15 aromatic rings. The fourth-order valence-electron chi connectivity index (χ4n) is 19.1. The van der Waals surface area contributed by atoms with E-state index in [-0.39, 0.29) is 10.8 Å². The third-order valence-corrected chi connectivity index (χ3v) is 22.5. The Kier molecular flexibility index (Phi) is 9.03. The van der Waals surface area contributed by atoms with Gasteiger partial charge in [0.15, 0.2) is 0 Å². The molecular weight excluding hydrogens is 1090 g/mol. The molecular formula is C87H57NO2. The van der Waals surface area contributed by atoms with Crippen molar-refractivity contribution in [2.45, 2.75) is 56.3 Å². The Balaban J connectivity index is 0.836. The van der Waals surface area contributed by atoms with Gasteiger partial charge in [0.25, 0.3) is 0 Å². The molecule has 90 heavy (non-hydrogen) atoms. The van der Waals surface area contributed by atoms with Gasteiger partial charge in [-0.25, -0.2) is 0 Å². The van der Waals surface area contributed by atoms with Crippen molar-refractivity contribution in [1.29, 1.82) is 0 Å². The van der Waals surface area contributed by atoms with Crippen LogP contribution in [-0.4, -0.2) is 0 Å². The largest absolute Gasteiger partial charge is 0.456 e. The summed E-state index contributed by atoms with van der Waals surface area (Å²) in [7, 11) is 0. The Morgan fingerprint density at radius 1 is 0.289 bits per heavy atom. The summed E-state index contributed by atoms with van der Waals surface area (Å²) in [6, 6.07) is 97.0. The summed E-state index contributed by atoms with van der Waals surface area (Å²) < 4.78 is 13.9. The van der Waals surface area contributed by atoms with Crippen molar-refractivity contribution in [3.05, 3.63) is 327 Å². The lowest BCUT2D eigenvalue weighted by Gasteiger charge is -2.33. The molecule has 2 spiro atoms. The lowest BCUT2D eigenvalue weighted by molar-refractivity contribution is 0.600. The Morgan fingerprint density at radius 2 is 0.733 bits per heavy atom. The maximum absolute atomic E-state index is 7.10. The van der Waals surface area contributed by atoms with E-state index in [1.54, 1.807) is 0 Å². The number of aryl methyl sites for hydroxylation is 1. The van der Waals surface area contributed by atoms with Crippen LogP contribution >= 0.6 is 0 Å². The summed E-state index contributed by atoms with van der Waals surface area (Å²) in [6.07, 6.45) is 0. The molecule has 0 fully saturated rings. The monoisotopic (exact) mass is 1150 g/mol. The third-order valence-electron chi connectivity index (χ3n) is 22.5. The van der Waals surface area contributed by atoms with E-state index < -0.39 is 10.8 Å². The molecule has 3 nitrogen and oxygen atoms in total. The second-order valence-electron chi connectivity index (χ2n) is 27.3. The van der Waals surface area contributed by atoms with Gasteiger partial charge >= 0.3 is 0 Å². The molecule has 0 aliphatic heterocycles. The first-order valence-electron chi connectivity index (χ1n) is 31.9. The van der Waals surface area contributed by atoms with Crippen LogP contribution < -0.4 is 4.90 Å². The first kappa shape index (κ1) is 49.3.